The maximum atomic E-state index is 13.5. The van der Waals surface area contributed by atoms with E-state index >= 15 is 0 Å². The minimum Gasteiger partial charge on any atom is -0.233 e. The van der Waals surface area contributed by atoms with Crippen LogP contribution in [0.25, 0.3) is 10.9 Å². The van der Waals surface area contributed by atoms with Gasteiger partial charge >= 0.3 is 0 Å². The second kappa shape index (κ2) is 3.65. The molecule has 0 fully saturated rings. The molecular weight excluding hydrogens is 292 g/mol. The first kappa shape index (κ1) is 10.1. The van der Waals surface area contributed by atoms with E-state index in [4.69, 9.17) is 23.2 Å². The van der Waals surface area contributed by atoms with Crippen molar-refractivity contribution < 1.29 is 4.39 Å². The summed E-state index contributed by atoms with van der Waals surface area (Å²) in [6.07, 6.45) is 0. The molecule has 0 saturated carbocycles. The lowest BCUT2D eigenvalue weighted by Crippen LogP contribution is -1.87. The molecule has 0 amide bonds. The SMILES string of the molecule is Fc1c(Br)ccc2c(Cl)cc(Cl)nc12. The van der Waals surface area contributed by atoms with Crippen molar-refractivity contribution in [3.63, 3.8) is 0 Å². The average molecular weight is 295 g/mol. The quantitative estimate of drug-likeness (QED) is 0.655. The molecule has 2 aromatic rings. The number of nitrogens with zero attached hydrogens (tertiary/aromatic N) is 1. The van der Waals surface area contributed by atoms with Gasteiger partial charge in [-0.2, -0.15) is 0 Å². The summed E-state index contributed by atoms with van der Waals surface area (Å²) in [6.45, 7) is 0. The van der Waals surface area contributed by atoms with E-state index in [0.717, 1.165) is 0 Å². The zero-order chi connectivity index (χ0) is 10.3. The number of halogens is 4. The lowest BCUT2D eigenvalue weighted by atomic mass is 10.2. The Morgan fingerprint density at radius 2 is 2.00 bits per heavy atom. The topological polar surface area (TPSA) is 12.9 Å². The largest absolute Gasteiger partial charge is 0.233 e. The molecule has 1 aromatic carbocycles. The van der Waals surface area contributed by atoms with Gasteiger partial charge in [0.15, 0.2) is 5.82 Å². The van der Waals surface area contributed by atoms with E-state index in [0.29, 0.717) is 14.9 Å². The molecule has 5 heteroatoms. The van der Waals surface area contributed by atoms with Gasteiger partial charge in [0.1, 0.15) is 10.7 Å². The summed E-state index contributed by atoms with van der Waals surface area (Å²) in [5.74, 6) is -0.452. The normalized spacial score (nSPS) is 10.9. The van der Waals surface area contributed by atoms with Crippen LogP contribution in [0.4, 0.5) is 4.39 Å². The van der Waals surface area contributed by atoms with Crippen molar-refractivity contribution in [2.24, 2.45) is 0 Å². The van der Waals surface area contributed by atoms with Crippen molar-refractivity contribution in [1.29, 1.82) is 0 Å². The van der Waals surface area contributed by atoms with Crippen molar-refractivity contribution >= 4 is 50.0 Å². The van der Waals surface area contributed by atoms with E-state index in [-0.39, 0.29) is 10.7 Å². The molecule has 14 heavy (non-hydrogen) atoms. The first-order chi connectivity index (χ1) is 6.59. The van der Waals surface area contributed by atoms with Crippen molar-refractivity contribution in [1.82, 2.24) is 4.98 Å². The van der Waals surface area contributed by atoms with Crippen LogP contribution < -0.4 is 0 Å². The van der Waals surface area contributed by atoms with E-state index in [1.54, 1.807) is 12.1 Å². The van der Waals surface area contributed by atoms with E-state index in [1.165, 1.54) is 6.07 Å². The van der Waals surface area contributed by atoms with Crippen LogP contribution in [0.1, 0.15) is 0 Å². The summed E-state index contributed by atoms with van der Waals surface area (Å²) in [7, 11) is 0. The van der Waals surface area contributed by atoms with Crippen LogP contribution in [0.15, 0.2) is 22.7 Å². The summed E-state index contributed by atoms with van der Waals surface area (Å²) in [5.41, 5.74) is 0.178. The number of hydrogen-bond donors (Lipinski definition) is 0. The summed E-state index contributed by atoms with van der Waals surface area (Å²) in [4.78, 5) is 3.87. The van der Waals surface area contributed by atoms with E-state index in [9.17, 15) is 4.39 Å². The van der Waals surface area contributed by atoms with Gasteiger partial charge in [0.25, 0.3) is 0 Å². The van der Waals surface area contributed by atoms with Crippen LogP contribution >= 0.6 is 39.1 Å². The Bertz CT molecular complexity index is 516. The van der Waals surface area contributed by atoms with Crippen molar-refractivity contribution in [2.45, 2.75) is 0 Å². The zero-order valence-corrected chi connectivity index (χ0v) is 9.79. The summed E-state index contributed by atoms with van der Waals surface area (Å²) in [5, 5.41) is 1.13. The molecule has 0 aliphatic rings. The third-order valence-electron chi connectivity index (χ3n) is 1.79. The number of fused-ring (bicyclic) bond motifs is 1. The number of pyridine rings is 1. The van der Waals surface area contributed by atoms with Gasteiger partial charge in [0.2, 0.25) is 0 Å². The Morgan fingerprint density at radius 1 is 1.29 bits per heavy atom. The third kappa shape index (κ3) is 1.60. The Hall–Kier alpha value is -0.380. The van der Waals surface area contributed by atoms with Gasteiger partial charge in [0.05, 0.1) is 9.50 Å². The molecule has 72 valence electrons. The number of benzene rings is 1. The van der Waals surface area contributed by atoms with Crippen LogP contribution in [-0.4, -0.2) is 4.98 Å². The standard InChI is InChI=1S/C9H3BrCl2FN/c10-5-2-1-4-6(11)3-7(12)14-9(4)8(5)13/h1-3H. The highest BCUT2D eigenvalue weighted by atomic mass is 79.9. The first-order valence-electron chi connectivity index (χ1n) is 3.69. The number of rotatable bonds is 0. The van der Waals surface area contributed by atoms with E-state index in [2.05, 4.69) is 20.9 Å². The Morgan fingerprint density at radius 3 is 2.71 bits per heavy atom. The maximum absolute atomic E-state index is 13.5. The molecule has 0 bridgehead atoms. The van der Waals surface area contributed by atoms with Crippen molar-refractivity contribution in [3.05, 3.63) is 38.7 Å². The lowest BCUT2D eigenvalue weighted by Gasteiger charge is -2.03. The highest BCUT2D eigenvalue weighted by Gasteiger charge is 2.10. The Kier molecular flexibility index (Phi) is 2.64. The molecule has 0 atom stereocenters. The van der Waals surface area contributed by atoms with Crippen LogP contribution in [0.2, 0.25) is 10.2 Å². The molecule has 0 radical (unpaired) electrons. The van der Waals surface area contributed by atoms with Gasteiger partial charge in [-0.1, -0.05) is 23.2 Å². The molecule has 0 aliphatic carbocycles. The summed E-state index contributed by atoms with van der Waals surface area (Å²) < 4.78 is 13.9. The molecule has 1 aromatic heterocycles. The van der Waals surface area contributed by atoms with Crippen LogP contribution in [-0.2, 0) is 0 Å². The minimum absolute atomic E-state index is 0.178. The fourth-order valence-corrected chi connectivity index (χ4v) is 1.99. The molecule has 0 saturated heterocycles. The fraction of sp³-hybridized carbons (Fsp3) is 0. The zero-order valence-electron chi connectivity index (χ0n) is 6.69. The lowest BCUT2D eigenvalue weighted by molar-refractivity contribution is 0.630. The van der Waals surface area contributed by atoms with Gasteiger partial charge in [-0.05, 0) is 34.1 Å². The van der Waals surface area contributed by atoms with Crippen LogP contribution in [0.5, 0.6) is 0 Å². The molecule has 0 aliphatic heterocycles. The second-order valence-electron chi connectivity index (χ2n) is 2.68. The molecule has 0 spiro atoms. The smallest absolute Gasteiger partial charge is 0.163 e. The van der Waals surface area contributed by atoms with E-state index < -0.39 is 5.82 Å². The fourth-order valence-electron chi connectivity index (χ4n) is 1.16. The van der Waals surface area contributed by atoms with E-state index in [1.807, 2.05) is 0 Å². The molecule has 2 rings (SSSR count). The molecule has 0 N–H and O–H groups in total. The highest BCUT2D eigenvalue weighted by Crippen LogP contribution is 2.30. The highest BCUT2D eigenvalue weighted by molar-refractivity contribution is 9.10. The number of aromatic nitrogens is 1. The van der Waals surface area contributed by atoms with Crippen LogP contribution in [0, 0.1) is 5.82 Å². The monoisotopic (exact) mass is 293 g/mol. The molecule has 1 nitrogen and oxygen atoms in total. The third-order valence-corrected chi connectivity index (χ3v) is 2.91. The van der Waals surface area contributed by atoms with Gasteiger partial charge < -0.3 is 0 Å². The van der Waals surface area contributed by atoms with Crippen molar-refractivity contribution in [3.8, 4) is 0 Å². The van der Waals surface area contributed by atoms with Gasteiger partial charge in [-0.15, -0.1) is 0 Å². The number of hydrogen-bond acceptors (Lipinski definition) is 1. The molecule has 0 unspecified atom stereocenters. The Balaban J connectivity index is 2.95. The predicted octanol–water partition coefficient (Wildman–Crippen LogP) is 4.44. The first-order valence-corrected chi connectivity index (χ1v) is 5.24. The van der Waals surface area contributed by atoms with Crippen LogP contribution in [0.3, 0.4) is 0 Å². The van der Waals surface area contributed by atoms with Crippen molar-refractivity contribution in [2.75, 3.05) is 0 Å². The Labute approximate surface area is 98.0 Å². The van der Waals surface area contributed by atoms with Gasteiger partial charge in [-0.25, -0.2) is 9.37 Å². The minimum atomic E-state index is -0.452. The van der Waals surface area contributed by atoms with Gasteiger partial charge in [-0.3, -0.25) is 0 Å². The van der Waals surface area contributed by atoms with Gasteiger partial charge in [0, 0.05) is 5.39 Å². The summed E-state index contributed by atoms with van der Waals surface area (Å²) in [6, 6.07) is 4.76. The molecular formula is C9H3BrCl2FN. The molecule has 1 heterocycles. The maximum Gasteiger partial charge on any atom is 0.163 e. The average Bonchev–Trinajstić information content (AvgIpc) is 2.12. The second-order valence-corrected chi connectivity index (χ2v) is 4.33. The predicted molar refractivity (Wildman–Crippen MR) is 59.4 cm³/mol. The summed E-state index contributed by atoms with van der Waals surface area (Å²) >= 11 is 14.6.